The van der Waals surface area contributed by atoms with Crippen LogP contribution in [-0.4, -0.2) is 47.3 Å². The van der Waals surface area contributed by atoms with Crippen molar-refractivity contribution in [3.05, 3.63) is 35.9 Å². The maximum absolute atomic E-state index is 12.7. The number of rotatable bonds is 4. The Morgan fingerprint density at radius 2 is 1.77 bits per heavy atom. The van der Waals surface area contributed by atoms with E-state index in [0.29, 0.717) is 6.54 Å². The molecule has 1 amide bonds. The predicted molar refractivity (Wildman–Crippen MR) is 88.3 cm³/mol. The molecule has 0 radical (unpaired) electrons. The van der Waals surface area contributed by atoms with Crippen molar-refractivity contribution in [3.63, 3.8) is 0 Å². The molecule has 0 aliphatic carbocycles. The summed E-state index contributed by atoms with van der Waals surface area (Å²) in [4.78, 5) is 14.9. The smallest absolute Gasteiger partial charge is 0.238 e. The molecule has 2 N–H and O–H groups in total. The number of amides is 1. The number of primary amides is 1. The van der Waals surface area contributed by atoms with Crippen LogP contribution in [-0.2, 0) is 11.3 Å². The van der Waals surface area contributed by atoms with Crippen molar-refractivity contribution in [1.29, 1.82) is 0 Å². The minimum Gasteiger partial charge on any atom is -0.368 e. The molecule has 3 rings (SSSR count). The van der Waals surface area contributed by atoms with E-state index in [1.165, 1.54) is 0 Å². The highest BCUT2D eigenvalue weighted by Gasteiger charge is 2.44. The largest absolute Gasteiger partial charge is 0.368 e. The van der Waals surface area contributed by atoms with Gasteiger partial charge in [-0.25, -0.2) is 0 Å². The fourth-order valence-electron chi connectivity index (χ4n) is 2.94. The van der Waals surface area contributed by atoms with Crippen LogP contribution in [0.1, 0.15) is 51.2 Å². The molecule has 0 aromatic heterocycles. The zero-order valence-electron chi connectivity index (χ0n) is 22.3. The summed E-state index contributed by atoms with van der Waals surface area (Å²) in [6.45, 7) is -5.80. The second-order valence-corrected chi connectivity index (χ2v) is 5.59. The number of piperidine rings is 2. The zero-order chi connectivity index (χ0) is 24.4. The van der Waals surface area contributed by atoms with Gasteiger partial charge in [0, 0.05) is 33.3 Å². The highest BCUT2D eigenvalue weighted by atomic mass is 16.1. The lowest BCUT2D eigenvalue weighted by atomic mass is 9.83. The Labute approximate surface area is 147 Å². The second kappa shape index (κ2) is 6.80. The molecule has 1 aromatic rings. The van der Waals surface area contributed by atoms with Crippen LogP contribution >= 0.6 is 0 Å². The number of hydrogen-bond donors (Lipinski definition) is 1. The molecule has 2 heterocycles. The van der Waals surface area contributed by atoms with Crippen LogP contribution in [0.3, 0.4) is 0 Å². The van der Waals surface area contributed by atoms with Gasteiger partial charge in [0.05, 0.1) is 0 Å². The number of nitrogens with two attached hydrogens (primary N) is 1. The van der Waals surface area contributed by atoms with E-state index in [4.69, 9.17) is 19.4 Å². The van der Waals surface area contributed by atoms with Gasteiger partial charge in [-0.15, -0.1) is 0 Å². The van der Waals surface area contributed by atoms with Crippen LogP contribution in [0.25, 0.3) is 0 Å². The number of likely N-dealkylation sites (tertiary alicyclic amines) is 2. The average Bonchev–Trinajstić information content (AvgIpc) is 2.68. The molecule has 2 saturated heterocycles. The summed E-state index contributed by atoms with van der Waals surface area (Å²) >= 11 is 0. The molecule has 0 bridgehead atoms. The van der Waals surface area contributed by atoms with Crippen molar-refractivity contribution in [2.24, 2.45) is 5.73 Å². The van der Waals surface area contributed by atoms with Gasteiger partial charge in [-0.05, 0) is 44.1 Å². The number of carbonyl (C=O) groups excluding carboxylic acids is 1. The maximum atomic E-state index is 12.7. The van der Waals surface area contributed by atoms with E-state index in [9.17, 15) is 4.79 Å². The molecule has 2 aliphatic rings. The van der Waals surface area contributed by atoms with Gasteiger partial charge in [-0.2, -0.15) is 0 Å². The van der Waals surface area contributed by atoms with Gasteiger partial charge in [-0.1, -0.05) is 36.7 Å². The molecule has 22 heavy (non-hydrogen) atoms. The molecule has 2 fully saturated rings. The van der Waals surface area contributed by atoms with Crippen LogP contribution in [0.2, 0.25) is 0 Å². The summed E-state index contributed by atoms with van der Waals surface area (Å²) in [5.41, 5.74) is 4.61. The Balaban J connectivity index is 2.03. The Hall–Kier alpha value is -1.39. The summed E-state index contributed by atoms with van der Waals surface area (Å²) in [5, 5.41) is 0. The first-order chi connectivity index (χ1) is 14.5. The highest BCUT2D eigenvalue weighted by molar-refractivity contribution is 5.84. The average molecular weight is 311 g/mol. The SMILES string of the molecule is [2H]C1([2H])N(C2(C(N)=O)CCN(Cc3ccccc3)CC2)C([2H])([2H])C([2H])([2H])C([2H])([2H])C1([2H])[2H]. The molecule has 120 valence electrons. The quantitative estimate of drug-likeness (QED) is 0.925. The molecule has 1 aromatic carbocycles. The van der Waals surface area contributed by atoms with E-state index in [2.05, 4.69) is 0 Å². The number of nitrogens with zero attached hydrogens (tertiary/aromatic N) is 2. The van der Waals surface area contributed by atoms with Crippen molar-refractivity contribution in [1.82, 2.24) is 9.80 Å². The van der Waals surface area contributed by atoms with Gasteiger partial charge in [0.1, 0.15) is 5.54 Å². The summed E-state index contributed by atoms with van der Waals surface area (Å²) < 4.78 is 82.1. The first kappa shape index (κ1) is 7.45. The van der Waals surface area contributed by atoms with Gasteiger partial charge >= 0.3 is 0 Å². The molecule has 0 saturated carbocycles. The summed E-state index contributed by atoms with van der Waals surface area (Å²) in [6.07, 6.45) is -10.8. The second-order valence-electron chi connectivity index (χ2n) is 5.59. The molecule has 0 unspecified atom stereocenters. The van der Waals surface area contributed by atoms with E-state index in [1.54, 1.807) is 0 Å². The maximum Gasteiger partial charge on any atom is 0.238 e. The fourth-order valence-corrected chi connectivity index (χ4v) is 2.94. The third kappa shape index (κ3) is 3.18. The lowest BCUT2D eigenvalue weighted by Gasteiger charge is -2.48. The molecule has 0 atom stereocenters. The Morgan fingerprint density at radius 3 is 2.36 bits per heavy atom. The first-order valence-electron chi connectivity index (χ1n) is 12.3. The van der Waals surface area contributed by atoms with Crippen molar-refractivity contribution in [2.45, 2.75) is 44.0 Å². The van der Waals surface area contributed by atoms with Gasteiger partial charge in [0.25, 0.3) is 0 Å². The van der Waals surface area contributed by atoms with Gasteiger partial charge < -0.3 is 5.73 Å². The predicted octanol–water partition coefficient (Wildman–Crippen LogP) is 1.99. The monoisotopic (exact) mass is 311 g/mol. The topological polar surface area (TPSA) is 49.6 Å². The number of benzene rings is 1. The van der Waals surface area contributed by atoms with Crippen molar-refractivity contribution in [2.75, 3.05) is 26.1 Å². The van der Waals surface area contributed by atoms with Crippen molar-refractivity contribution >= 4 is 5.91 Å². The van der Waals surface area contributed by atoms with Gasteiger partial charge in [0.2, 0.25) is 5.91 Å². The van der Waals surface area contributed by atoms with E-state index < -0.39 is 43.6 Å². The summed E-state index contributed by atoms with van der Waals surface area (Å²) in [7, 11) is 0. The zero-order valence-corrected chi connectivity index (χ0v) is 12.3. The van der Waals surface area contributed by atoms with Gasteiger partial charge in [0.15, 0.2) is 0 Å². The van der Waals surface area contributed by atoms with Crippen molar-refractivity contribution < 1.29 is 18.5 Å². The van der Waals surface area contributed by atoms with E-state index in [0.717, 1.165) is 5.56 Å². The lowest BCUT2D eigenvalue weighted by Crippen LogP contribution is -2.63. The Morgan fingerprint density at radius 1 is 1.14 bits per heavy atom. The fraction of sp³-hybridized carbons (Fsp3) is 0.611. The van der Waals surface area contributed by atoms with Crippen LogP contribution in [0.4, 0.5) is 0 Å². The minimum absolute atomic E-state index is 0.163. The van der Waals surface area contributed by atoms with E-state index in [-0.39, 0.29) is 30.8 Å². The van der Waals surface area contributed by atoms with Crippen LogP contribution < -0.4 is 5.73 Å². The summed E-state index contributed by atoms with van der Waals surface area (Å²) in [6, 6.07) is 9.47. The minimum atomic E-state index is -3.53. The lowest BCUT2D eigenvalue weighted by molar-refractivity contribution is -0.135. The normalized spacial score (nSPS) is 41.5. The van der Waals surface area contributed by atoms with Gasteiger partial charge in [-0.3, -0.25) is 14.6 Å². The van der Waals surface area contributed by atoms with E-state index >= 15 is 0 Å². The van der Waals surface area contributed by atoms with Crippen LogP contribution in [0.15, 0.2) is 30.3 Å². The van der Waals surface area contributed by atoms with E-state index in [1.807, 2.05) is 35.2 Å². The van der Waals surface area contributed by atoms with Crippen LogP contribution in [0.5, 0.6) is 0 Å². The third-order valence-electron chi connectivity index (χ3n) is 4.28. The number of carbonyl (C=O) groups is 1. The standard InChI is InChI=1S/C18H27N3O/c19-17(22)18(21-11-5-2-6-12-21)9-13-20(14-10-18)15-16-7-3-1-4-8-16/h1,3-4,7-8H,2,5-6,9-15H2,(H2,19,22)/i2D2,5D2,6D2,11D2,12D2. The summed E-state index contributed by atoms with van der Waals surface area (Å²) in [5.74, 6) is -1.10. The van der Waals surface area contributed by atoms with Crippen LogP contribution in [0, 0.1) is 0 Å². The molecular formula is C18H27N3O. The third-order valence-corrected chi connectivity index (χ3v) is 4.28. The Kier molecular flexibility index (Phi) is 2.30. The molecule has 4 heteroatoms. The number of hydrogen-bond acceptors (Lipinski definition) is 3. The molecule has 4 nitrogen and oxygen atoms in total. The molecule has 0 spiro atoms. The van der Waals surface area contributed by atoms with Crippen molar-refractivity contribution in [3.8, 4) is 0 Å². The Bertz CT molecular complexity index is 839. The first-order valence-corrected chi connectivity index (χ1v) is 7.33. The molecular weight excluding hydrogens is 274 g/mol. The highest BCUT2D eigenvalue weighted by Crippen LogP contribution is 2.32. The molecule has 2 aliphatic heterocycles.